The van der Waals surface area contributed by atoms with Gasteiger partial charge in [-0.15, -0.1) is 0 Å². The minimum absolute atomic E-state index is 0.642. The Balaban J connectivity index is 1.98. The van der Waals surface area contributed by atoms with Gasteiger partial charge in [0.2, 0.25) is 0 Å². The van der Waals surface area contributed by atoms with Gasteiger partial charge < -0.3 is 9.80 Å². The maximum atomic E-state index is 2.63. The molecule has 0 N–H and O–H groups in total. The Morgan fingerprint density at radius 2 is 0.806 bits per heavy atom. The predicted molar refractivity (Wildman–Crippen MR) is 140 cm³/mol. The monoisotopic (exact) mass is 434 g/mol. The minimum atomic E-state index is 0.642. The van der Waals surface area contributed by atoms with Crippen molar-refractivity contribution < 1.29 is 0 Å². The van der Waals surface area contributed by atoms with Crippen molar-refractivity contribution in [1.29, 1.82) is 0 Å². The Kier molecular flexibility index (Phi) is 19.4. The topological polar surface area (TPSA) is 6.48 Å². The Hall–Kier alpha value is -0.660. The summed E-state index contributed by atoms with van der Waals surface area (Å²) < 4.78 is 0. The predicted octanol–water partition coefficient (Wildman–Crippen LogP) is 9.65. The van der Waals surface area contributed by atoms with Crippen molar-refractivity contribution in [1.82, 2.24) is 9.80 Å². The first-order valence-corrected chi connectivity index (χ1v) is 14.5. The van der Waals surface area contributed by atoms with Gasteiger partial charge >= 0.3 is 0 Å². The summed E-state index contributed by atoms with van der Waals surface area (Å²) in [7, 11) is 0. The highest BCUT2D eigenvalue weighted by Crippen LogP contribution is 2.23. The Morgan fingerprint density at radius 3 is 1.26 bits per heavy atom. The average Bonchev–Trinajstić information content (AvgIpc) is 3.15. The van der Waals surface area contributed by atoms with Gasteiger partial charge in [0.15, 0.2) is 0 Å². The SMILES string of the molecule is CCCCCCCCCCCCCCCCCC1N(CCC)C=CN1CCCCCC. The Morgan fingerprint density at radius 1 is 0.419 bits per heavy atom. The van der Waals surface area contributed by atoms with Gasteiger partial charge in [-0.1, -0.05) is 130 Å². The van der Waals surface area contributed by atoms with Gasteiger partial charge in [0.1, 0.15) is 6.17 Å². The van der Waals surface area contributed by atoms with Crippen LogP contribution in [-0.2, 0) is 0 Å². The van der Waals surface area contributed by atoms with Crippen molar-refractivity contribution in [2.45, 2.75) is 162 Å². The maximum Gasteiger partial charge on any atom is 0.101 e. The molecule has 0 aliphatic carbocycles. The van der Waals surface area contributed by atoms with E-state index >= 15 is 0 Å². The zero-order chi connectivity index (χ0) is 22.4. The number of hydrogen-bond acceptors (Lipinski definition) is 2. The highest BCUT2D eigenvalue weighted by molar-refractivity contribution is 4.96. The maximum absolute atomic E-state index is 2.63. The van der Waals surface area contributed by atoms with Gasteiger partial charge in [-0.05, 0) is 25.7 Å². The molecular weight excluding hydrogens is 376 g/mol. The van der Waals surface area contributed by atoms with Gasteiger partial charge in [0, 0.05) is 25.5 Å². The first kappa shape index (κ1) is 28.4. The van der Waals surface area contributed by atoms with E-state index in [9.17, 15) is 0 Å². The van der Waals surface area contributed by atoms with Crippen LogP contribution < -0.4 is 0 Å². The number of nitrogens with zero attached hydrogens (tertiary/aromatic N) is 2. The highest BCUT2D eigenvalue weighted by atomic mass is 15.4. The molecule has 1 aliphatic heterocycles. The molecule has 0 aromatic carbocycles. The summed E-state index contributed by atoms with van der Waals surface area (Å²) in [6.45, 7) is 9.38. The smallest absolute Gasteiger partial charge is 0.101 e. The second kappa shape index (κ2) is 21.2. The first-order valence-electron chi connectivity index (χ1n) is 14.5. The summed E-state index contributed by atoms with van der Waals surface area (Å²) in [5.74, 6) is 0. The molecule has 184 valence electrons. The van der Waals surface area contributed by atoms with Crippen molar-refractivity contribution in [3.05, 3.63) is 12.4 Å². The van der Waals surface area contributed by atoms with E-state index in [4.69, 9.17) is 0 Å². The summed E-state index contributed by atoms with van der Waals surface area (Å²) in [4.78, 5) is 5.23. The number of unbranched alkanes of at least 4 members (excludes halogenated alkanes) is 17. The van der Waals surface area contributed by atoms with E-state index in [2.05, 4.69) is 43.0 Å². The van der Waals surface area contributed by atoms with Gasteiger partial charge in [0.05, 0.1) is 0 Å². The van der Waals surface area contributed by atoms with E-state index in [1.807, 2.05) is 0 Å². The summed E-state index contributed by atoms with van der Waals surface area (Å²) in [6.07, 6.45) is 35.2. The number of rotatable bonds is 23. The Bertz CT molecular complexity index is 392. The van der Waals surface area contributed by atoms with E-state index in [-0.39, 0.29) is 0 Å². The van der Waals surface area contributed by atoms with E-state index in [0.717, 1.165) is 0 Å². The summed E-state index contributed by atoms with van der Waals surface area (Å²) in [6, 6.07) is 0. The van der Waals surface area contributed by atoms with Crippen molar-refractivity contribution in [3.63, 3.8) is 0 Å². The van der Waals surface area contributed by atoms with Gasteiger partial charge in [0.25, 0.3) is 0 Å². The molecule has 0 aromatic rings. The first-order chi connectivity index (χ1) is 15.3. The molecule has 1 unspecified atom stereocenters. The zero-order valence-electron chi connectivity index (χ0n) is 21.9. The normalized spacial score (nSPS) is 16.0. The van der Waals surface area contributed by atoms with Crippen LogP contribution in [0.3, 0.4) is 0 Å². The van der Waals surface area contributed by atoms with Crippen LogP contribution in [0.25, 0.3) is 0 Å². The molecule has 0 bridgehead atoms. The summed E-state index contributed by atoms with van der Waals surface area (Å²) in [5.41, 5.74) is 0. The molecule has 1 rings (SSSR count). The molecule has 1 heterocycles. The highest BCUT2D eigenvalue weighted by Gasteiger charge is 2.24. The van der Waals surface area contributed by atoms with Crippen LogP contribution in [0.2, 0.25) is 0 Å². The fourth-order valence-electron chi connectivity index (χ4n) is 5.02. The van der Waals surface area contributed by atoms with Gasteiger partial charge in [-0.2, -0.15) is 0 Å². The molecule has 0 spiro atoms. The molecule has 0 saturated carbocycles. The van der Waals surface area contributed by atoms with Crippen LogP contribution in [0, 0.1) is 0 Å². The number of hydrogen-bond donors (Lipinski definition) is 0. The fraction of sp³-hybridized carbons (Fsp3) is 0.931. The molecular formula is C29H58N2. The van der Waals surface area contributed by atoms with Crippen LogP contribution in [0.4, 0.5) is 0 Å². The lowest BCUT2D eigenvalue weighted by atomic mass is 10.0. The molecule has 1 atom stereocenters. The lowest BCUT2D eigenvalue weighted by Gasteiger charge is -2.33. The van der Waals surface area contributed by atoms with E-state index in [1.54, 1.807) is 0 Å². The lowest BCUT2D eigenvalue weighted by Crippen LogP contribution is -2.39. The quantitative estimate of drug-likeness (QED) is 0.148. The molecule has 2 heteroatoms. The van der Waals surface area contributed by atoms with Gasteiger partial charge in [-0.3, -0.25) is 0 Å². The van der Waals surface area contributed by atoms with Crippen molar-refractivity contribution in [2.24, 2.45) is 0 Å². The fourth-order valence-corrected chi connectivity index (χ4v) is 5.02. The van der Waals surface area contributed by atoms with E-state index < -0.39 is 0 Å². The Labute approximate surface area is 197 Å². The summed E-state index contributed by atoms with van der Waals surface area (Å²) >= 11 is 0. The third kappa shape index (κ3) is 14.9. The third-order valence-corrected chi connectivity index (χ3v) is 7.03. The van der Waals surface area contributed by atoms with Crippen molar-refractivity contribution >= 4 is 0 Å². The molecule has 31 heavy (non-hydrogen) atoms. The van der Waals surface area contributed by atoms with Gasteiger partial charge in [-0.25, -0.2) is 0 Å². The average molecular weight is 435 g/mol. The molecule has 0 radical (unpaired) electrons. The second-order valence-corrected chi connectivity index (χ2v) is 10.1. The molecule has 0 saturated heterocycles. The van der Waals surface area contributed by atoms with Crippen molar-refractivity contribution in [3.8, 4) is 0 Å². The third-order valence-electron chi connectivity index (χ3n) is 7.03. The largest absolute Gasteiger partial charge is 0.356 e. The van der Waals surface area contributed by atoms with Crippen LogP contribution in [-0.4, -0.2) is 29.1 Å². The van der Waals surface area contributed by atoms with Crippen LogP contribution in [0.15, 0.2) is 12.4 Å². The van der Waals surface area contributed by atoms with Crippen LogP contribution >= 0.6 is 0 Å². The van der Waals surface area contributed by atoms with E-state index in [1.165, 1.54) is 148 Å². The van der Waals surface area contributed by atoms with Crippen LogP contribution in [0.5, 0.6) is 0 Å². The molecule has 0 aromatic heterocycles. The molecule has 0 fully saturated rings. The summed E-state index contributed by atoms with van der Waals surface area (Å²) in [5, 5.41) is 0. The lowest BCUT2D eigenvalue weighted by molar-refractivity contribution is 0.137. The molecule has 0 amide bonds. The van der Waals surface area contributed by atoms with E-state index in [0.29, 0.717) is 6.17 Å². The van der Waals surface area contributed by atoms with Crippen LogP contribution in [0.1, 0.15) is 156 Å². The zero-order valence-corrected chi connectivity index (χ0v) is 21.9. The molecule has 1 aliphatic rings. The molecule has 2 nitrogen and oxygen atoms in total. The van der Waals surface area contributed by atoms with Crippen molar-refractivity contribution in [2.75, 3.05) is 13.1 Å². The standard InChI is InChI=1S/C29H58N2/c1-4-7-9-11-12-13-14-15-16-17-18-19-20-21-22-24-29-30(25-6-3)27-28-31(29)26-23-10-8-5-2/h27-29H,4-26H2,1-3H3. The minimum Gasteiger partial charge on any atom is -0.356 e. The second-order valence-electron chi connectivity index (χ2n) is 10.1.